The Balaban J connectivity index is 0.000000302. The van der Waals surface area contributed by atoms with Crippen molar-refractivity contribution in [3.8, 4) is 0 Å². The van der Waals surface area contributed by atoms with Crippen molar-refractivity contribution in [1.82, 2.24) is 0 Å². The van der Waals surface area contributed by atoms with Crippen molar-refractivity contribution in [2.24, 2.45) is 5.41 Å². The third-order valence-corrected chi connectivity index (χ3v) is 5.50. The number of carboxylic acids is 2. The molecule has 0 aromatic heterocycles. The molecule has 0 bridgehead atoms. The fourth-order valence-electron chi connectivity index (χ4n) is 3.52. The van der Waals surface area contributed by atoms with Gasteiger partial charge in [-0.15, -0.1) is 0 Å². The molecule has 0 aromatic rings. The predicted octanol–water partition coefficient (Wildman–Crippen LogP) is 4.90. The Hall–Kier alpha value is -1.88. The summed E-state index contributed by atoms with van der Waals surface area (Å²) < 4.78 is 0. The minimum Gasteiger partial charge on any atom is -0.480 e. The number of hydrogen-bond acceptors (Lipinski definition) is 3. The summed E-state index contributed by atoms with van der Waals surface area (Å²) in [6, 6.07) is 6.75. The van der Waals surface area contributed by atoms with Gasteiger partial charge >= 0.3 is 11.9 Å². The number of benzene rings is 1. The largest absolute Gasteiger partial charge is 0.480 e. The van der Waals surface area contributed by atoms with E-state index in [4.69, 9.17) is 15.3 Å². The van der Waals surface area contributed by atoms with Gasteiger partial charge in [-0.3, -0.25) is 9.59 Å². The van der Waals surface area contributed by atoms with Crippen LogP contribution in [0.2, 0.25) is 0 Å². The first-order chi connectivity index (χ1) is 13.4. The predicted molar refractivity (Wildman–Crippen MR) is 110 cm³/mol. The summed E-state index contributed by atoms with van der Waals surface area (Å²) in [6.45, 7) is 4.10. The number of aryl methyl sites for hydroxylation is 1. The molecule has 0 unspecified atom stereocenters. The highest BCUT2D eigenvalue weighted by Gasteiger charge is 2.45. The Morgan fingerprint density at radius 3 is 1.89 bits per heavy atom. The highest BCUT2D eigenvalue weighted by atomic mass is 16.4. The molecular weight excluding hydrogens is 356 g/mol. The summed E-state index contributed by atoms with van der Waals surface area (Å²) >= 11 is 0. The molecule has 0 aliphatic heterocycles. The molecule has 0 amide bonds. The highest BCUT2D eigenvalue weighted by molar-refractivity contribution is 5.98. The molecule has 5 nitrogen and oxygen atoms in total. The molecule has 0 heterocycles. The van der Waals surface area contributed by atoms with Gasteiger partial charge in [0.05, 0.1) is 0 Å². The third-order valence-electron chi connectivity index (χ3n) is 5.50. The minimum absolute atomic E-state index is 0.0136. The maximum atomic E-state index is 11.2. The van der Waals surface area contributed by atoms with Crippen LogP contribution >= 0.6 is 0 Å². The van der Waals surface area contributed by atoms with Gasteiger partial charge in [-0.1, -0.05) is 70.6 Å². The van der Waals surface area contributed by atoms with E-state index in [2.05, 4.69) is 25.1 Å². The quantitative estimate of drug-likeness (QED) is 0.314. The van der Waals surface area contributed by atoms with Crippen LogP contribution in [0.3, 0.4) is 0 Å². The Kier molecular flexibility index (Phi) is 10.8. The van der Waals surface area contributed by atoms with E-state index in [9.17, 15) is 9.59 Å². The van der Waals surface area contributed by atoms with Gasteiger partial charge in [-0.25, -0.2) is 0 Å². The van der Waals surface area contributed by atoms with Crippen molar-refractivity contribution >= 4 is 11.9 Å². The summed E-state index contributed by atoms with van der Waals surface area (Å²) in [4.78, 5) is 22.3. The number of carboxylic acid groups (broad SMARTS) is 2. The topological polar surface area (TPSA) is 94.8 Å². The molecule has 5 heteroatoms. The van der Waals surface area contributed by atoms with Crippen LogP contribution in [0.1, 0.15) is 83.6 Å². The van der Waals surface area contributed by atoms with Gasteiger partial charge in [0.2, 0.25) is 0 Å². The molecule has 158 valence electrons. The SMILES string of the molecule is CCCCCCC(CCCO)(C(=O)O)C(=O)O.CCCCCc1cc2ccc1=2. The van der Waals surface area contributed by atoms with Gasteiger partial charge in [0.15, 0.2) is 5.41 Å². The van der Waals surface area contributed by atoms with Gasteiger partial charge in [-0.05, 0) is 48.1 Å². The lowest BCUT2D eigenvalue weighted by Gasteiger charge is -2.24. The molecule has 0 saturated heterocycles. The molecule has 28 heavy (non-hydrogen) atoms. The fourth-order valence-corrected chi connectivity index (χ4v) is 3.52. The molecular formula is C23H36O5. The van der Waals surface area contributed by atoms with Gasteiger partial charge < -0.3 is 15.3 Å². The van der Waals surface area contributed by atoms with Crippen molar-refractivity contribution in [3.63, 3.8) is 0 Å². The third kappa shape index (κ3) is 6.62. The maximum Gasteiger partial charge on any atom is 0.321 e. The van der Waals surface area contributed by atoms with Crippen LogP contribution in [0.25, 0.3) is 0 Å². The van der Waals surface area contributed by atoms with Gasteiger partial charge in [0.1, 0.15) is 0 Å². The number of hydrogen-bond donors (Lipinski definition) is 3. The lowest BCUT2D eigenvalue weighted by atomic mass is 9.78. The van der Waals surface area contributed by atoms with E-state index in [1.54, 1.807) is 10.8 Å². The van der Waals surface area contributed by atoms with Crippen LogP contribution in [0.5, 0.6) is 0 Å². The van der Waals surface area contributed by atoms with Crippen molar-refractivity contribution < 1.29 is 24.9 Å². The lowest BCUT2D eigenvalue weighted by molar-refractivity contribution is -0.166. The van der Waals surface area contributed by atoms with E-state index in [0.717, 1.165) is 19.3 Å². The highest BCUT2D eigenvalue weighted by Crippen LogP contribution is 2.31. The molecule has 0 atom stereocenters. The van der Waals surface area contributed by atoms with Crippen LogP contribution in [0.4, 0.5) is 0 Å². The molecule has 0 spiro atoms. The number of carbonyl (C=O) groups is 2. The monoisotopic (exact) mass is 392 g/mol. The number of rotatable bonds is 14. The summed E-state index contributed by atoms with van der Waals surface area (Å²) in [5.74, 6) is -2.59. The second-order valence-electron chi connectivity index (χ2n) is 7.66. The Morgan fingerprint density at radius 2 is 1.46 bits per heavy atom. The molecule has 0 saturated carbocycles. The minimum atomic E-state index is -1.73. The summed E-state index contributed by atoms with van der Waals surface area (Å²) in [5, 5.41) is 30.0. The first-order valence-corrected chi connectivity index (χ1v) is 10.6. The standard InChI is InChI=1S/C12H22O5.C11H14/c1-2-3-4-5-7-12(10(14)15,11(16)17)8-6-9-13;1-2-3-4-5-9-8-10-6-7-11(9)10/h13H,2-9H2,1H3,(H,14,15)(H,16,17);6-8H,2-5H2,1H3. The zero-order valence-corrected chi connectivity index (χ0v) is 17.4. The van der Waals surface area contributed by atoms with E-state index in [0.29, 0.717) is 6.42 Å². The number of unbranched alkanes of at least 4 members (excludes halogenated alkanes) is 5. The van der Waals surface area contributed by atoms with E-state index in [1.807, 2.05) is 6.92 Å². The molecule has 2 aliphatic carbocycles. The van der Waals surface area contributed by atoms with E-state index in [-0.39, 0.29) is 25.9 Å². The van der Waals surface area contributed by atoms with Crippen LogP contribution in [-0.2, 0) is 16.0 Å². The second kappa shape index (κ2) is 12.6. The molecule has 0 radical (unpaired) electrons. The van der Waals surface area contributed by atoms with Crippen LogP contribution in [0, 0.1) is 15.9 Å². The van der Waals surface area contributed by atoms with Gasteiger partial charge in [0, 0.05) is 6.61 Å². The fraction of sp³-hybridized carbons (Fsp3) is 0.652. The Labute approximate surface area is 168 Å². The van der Waals surface area contributed by atoms with E-state index >= 15 is 0 Å². The number of aliphatic carboxylic acids is 2. The van der Waals surface area contributed by atoms with Crippen molar-refractivity contribution in [3.05, 3.63) is 34.2 Å². The number of aliphatic hydroxyl groups excluding tert-OH is 1. The lowest BCUT2D eigenvalue weighted by Crippen LogP contribution is -2.39. The van der Waals surface area contributed by atoms with Crippen molar-refractivity contribution in [2.45, 2.75) is 84.5 Å². The molecule has 0 fully saturated rings. The second-order valence-corrected chi connectivity index (χ2v) is 7.66. The smallest absolute Gasteiger partial charge is 0.321 e. The van der Waals surface area contributed by atoms with Crippen LogP contribution in [-0.4, -0.2) is 33.9 Å². The normalized spacial score (nSPS) is 11.5. The number of aliphatic hydroxyl groups is 1. The van der Waals surface area contributed by atoms with Gasteiger partial charge in [0.25, 0.3) is 0 Å². The van der Waals surface area contributed by atoms with Gasteiger partial charge in [-0.2, -0.15) is 0 Å². The molecule has 2 rings (SSSR count). The Bertz CT molecular complexity index is 696. The van der Waals surface area contributed by atoms with E-state index in [1.165, 1.54) is 30.9 Å². The molecule has 0 aromatic carbocycles. The van der Waals surface area contributed by atoms with Crippen molar-refractivity contribution in [2.75, 3.05) is 6.61 Å². The zero-order chi connectivity index (χ0) is 21.0. The van der Waals surface area contributed by atoms with Crippen LogP contribution in [0.15, 0.2) is 18.2 Å². The molecule has 3 N–H and O–H groups in total. The van der Waals surface area contributed by atoms with E-state index < -0.39 is 17.4 Å². The maximum absolute atomic E-state index is 11.2. The first kappa shape index (κ1) is 24.2. The average molecular weight is 393 g/mol. The van der Waals surface area contributed by atoms with Crippen LogP contribution < -0.4 is 0 Å². The summed E-state index contributed by atoms with van der Waals surface area (Å²) in [5.41, 5.74) is -0.132. The summed E-state index contributed by atoms with van der Waals surface area (Å²) in [7, 11) is 0. The first-order valence-electron chi connectivity index (χ1n) is 10.6. The summed E-state index contributed by atoms with van der Waals surface area (Å²) in [6.07, 6.45) is 9.14. The zero-order valence-electron chi connectivity index (χ0n) is 17.4. The Morgan fingerprint density at radius 1 is 0.857 bits per heavy atom. The average Bonchev–Trinajstić information content (AvgIpc) is 2.65. The van der Waals surface area contributed by atoms with Crippen molar-refractivity contribution in [1.29, 1.82) is 0 Å². The molecule has 2 aliphatic rings.